The number of carbonyl (C=O) groups excluding carboxylic acids is 1. The van der Waals surface area contributed by atoms with Gasteiger partial charge in [-0.2, -0.15) is 11.8 Å². The first-order valence-electron chi connectivity index (χ1n) is 8.97. The quantitative estimate of drug-likeness (QED) is 0.645. The zero-order valence-corrected chi connectivity index (χ0v) is 16.9. The van der Waals surface area contributed by atoms with Crippen molar-refractivity contribution in [3.05, 3.63) is 30.1 Å². The van der Waals surface area contributed by atoms with Crippen LogP contribution in [0.3, 0.4) is 0 Å². The lowest BCUT2D eigenvalue weighted by Gasteiger charge is -2.30. The Labute approximate surface area is 159 Å². The van der Waals surface area contributed by atoms with E-state index in [0.717, 1.165) is 16.3 Å². The van der Waals surface area contributed by atoms with Gasteiger partial charge in [0.15, 0.2) is 0 Å². The Bertz CT molecular complexity index is 706. The minimum Gasteiger partial charge on any atom is -0.353 e. The molecule has 1 aromatic rings. The molecule has 2 rings (SSSR count). The summed E-state index contributed by atoms with van der Waals surface area (Å²) in [5.74, 6) is -0.264. The van der Waals surface area contributed by atoms with Crippen molar-refractivity contribution in [2.75, 3.05) is 22.9 Å². The number of hydrogen-bond donors (Lipinski definition) is 1. The fraction of sp³-hybridized carbons (Fsp3) is 0.611. The lowest BCUT2D eigenvalue weighted by atomic mass is 10.2. The van der Waals surface area contributed by atoms with Gasteiger partial charge in [0.1, 0.15) is 11.9 Å². The molecule has 1 fully saturated rings. The van der Waals surface area contributed by atoms with E-state index in [2.05, 4.69) is 5.32 Å². The molecule has 1 saturated carbocycles. The van der Waals surface area contributed by atoms with Crippen LogP contribution in [0.5, 0.6) is 0 Å². The number of benzene rings is 1. The van der Waals surface area contributed by atoms with Gasteiger partial charge >= 0.3 is 0 Å². The molecular weight excluding hydrogens is 375 g/mol. The van der Waals surface area contributed by atoms with Crippen LogP contribution in [0.15, 0.2) is 24.3 Å². The van der Waals surface area contributed by atoms with Gasteiger partial charge in [0.05, 0.1) is 11.9 Å². The summed E-state index contributed by atoms with van der Waals surface area (Å²) in [6, 6.07) is 4.64. The van der Waals surface area contributed by atoms with E-state index in [4.69, 9.17) is 0 Å². The Kier molecular flexibility index (Phi) is 7.76. The summed E-state index contributed by atoms with van der Waals surface area (Å²) in [7, 11) is -3.81. The second kappa shape index (κ2) is 9.60. The summed E-state index contributed by atoms with van der Waals surface area (Å²) in [5, 5.41) is 3.48. The van der Waals surface area contributed by atoms with E-state index in [-0.39, 0.29) is 12.1 Å². The highest BCUT2D eigenvalue weighted by atomic mass is 32.2. The van der Waals surface area contributed by atoms with Crippen LogP contribution in [0.25, 0.3) is 0 Å². The average molecular weight is 403 g/mol. The van der Waals surface area contributed by atoms with E-state index in [1.165, 1.54) is 43.9 Å². The predicted octanol–water partition coefficient (Wildman–Crippen LogP) is 3.16. The zero-order chi connectivity index (χ0) is 19.2. The molecule has 8 heteroatoms. The summed E-state index contributed by atoms with van der Waals surface area (Å²) in [5.41, 5.74) is -0.0997. The number of anilines is 1. The molecule has 0 saturated heterocycles. The Morgan fingerprint density at radius 1 is 1.35 bits per heavy atom. The number of para-hydroxylation sites is 1. The van der Waals surface area contributed by atoms with E-state index in [9.17, 15) is 17.6 Å². The predicted molar refractivity (Wildman–Crippen MR) is 106 cm³/mol. The third-order valence-corrected chi connectivity index (χ3v) is 7.03. The highest BCUT2D eigenvalue weighted by Crippen LogP contribution is 2.29. The fourth-order valence-electron chi connectivity index (χ4n) is 3.24. The zero-order valence-electron chi connectivity index (χ0n) is 15.3. The van der Waals surface area contributed by atoms with E-state index < -0.39 is 27.8 Å². The van der Waals surface area contributed by atoms with Crippen molar-refractivity contribution in [2.45, 2.75) is 50.3 Å². The standard InChI is InChI=1S/C18H27FN2O3S2/c1-3-16(18(22)20-12-13-25-14-8-4-5-9-14)21(26(2,23)24)17-11-7-6-10-15(17)19/h6-7,10-11,14,16H,3-5,8-9,12-13H2,1-2H3,(H,20,22)/t16-/m0/s1. The number of halogens is 1. The molecule has 0 radical (unpaired) electrons. The van der Waals surface area contributed by atoms with Crippen LogP contribution in [0.1, 0.15) is 39.0 Å². The molecule has 0 aromatic heterocycles. The van der Waals surface area contributed by atoms with Crippen LogP contribution >= 0.6 is 11.8 Å². The molecule has 1 amide bonds. The van der Waals surface area contributed by atoms with Gasteiger partial charge in [-0.1, -0.05) is 31.9 Å². The van der Waals surface area contributed by atoms with Gasteiger partial charge in [0, 0.05) is 17.5 Å². The summed E-state index contributed by atoms with van der Waals surface area (Å²) in [6.45, 7) is 2.20. The molecule has 1 aliphatic rings. The van der Waals surface area contributed by atoms with E-state index in [0.29, 0.717) is 11.8 Å². The van der Waals surface area contributed by atoms with Crippen LogP contribution in [-0.2, 0) is 14.8 Å². The molecule has 1 aliphatic carbocycles. The van der Waals surface area contributed by atoms with Gasteiger partial charge in [0.25, 0.3) is 0 Å². The summed E-state index contributed by atoms with van der Waals surface area (Å²) >= 11 is 1.85. The van der Waals surface area contributed by atoms with Crippen LogP contribution in [0, 0.1) is 5.82 Å². The number of carbonyl (C=O) groups is 1. The summed E-state index contributed by atoms with van der Waals surface area (Å²) in [6.07, 6.45) is 6.24. The van der Waals surface area contributed by atoms with Crippen LogP contribution in [0.4, 0.5) is 10.1 Å². The minimum atomic E-state index is -3.81. The molecule has 0 aliphatic heterocycles. The lowest BCUT2D eigenvalue weighted by Crippen LogP contribution is -2.50. The van der Waals surface area contributed by atoms with Gasteiger partial charge in [0.2, 0.25) is 15.9 Å². The Hall–Kier alpha value is -1.28. The van der Waals surface area contributed by atoms with Crippen LogP contribution in [0.2, 0.25) is 0 Å². The SMILES string of the molecule is CC[C@@H](C(=O)NCCSC1CCCC1)N(c1ccccc1F)S(C)(=O)=O. The molecule has 0 unspecified atom stereocenters. The van der Waals surface area contributed by atoms with Gasteiger partial charge in [-0.15, -0.1) is 0 Å². The number of hydrogen-bond acceptors (Lipinski definition) is 4. The van der Waals surface area contributed by atoms with Crippen molar-refractivity contribution in [3.63, 3.8) is 0 Å². The van der Waals surface area contributed by atoms with Gasteiger partial charge < -0.3 is 5.32 Å². The monoisotopic (exact) mass is 402 g/mol. The molecule has 0 spiro atoms. The maximum Gasteiger partial charge on any atom is 0.243 e. The number of rotatable bonds is 9. The topological polar surface area (TPSA) is 66.5 Å². The second-order valence-corrected chi connectivity index (χ2v) is 9.77. The molecule has 1 aromatic carbocycles. The first-order valence-corrected chi connectivity index (χ1v) is 11.9. The van der Waals surface area contributed by atoms with Crippen LogP contribution in [-0.4, -0.2) is 44.2 Å². The van der Waals surface area contributed by atoms with Crippen LogP contribution < -0.4 is 9.62 Å². The smallest absolute Gasteiger partial charge is 0.243 e. The molecule has 1 N–H and O–H groups in total. The number of thioether (sulfide) groups is 1. The largest absolute Gasteiger partial charge is 0.353 e. The van der Waals surface area contributed by atoms with Crippen molar-refractivity contribution >= 4 is 33.4 Å². The van der Waals surface area contributed by atoms with E-state index in [1.54, 1.807) is 13.0 Å². The first-order chi connectivity index (χ1) is 12.3. The van der Waals surface area contributed by atoms with Crippen molar-refractivity contribution in [1.82, 2.24) is 5.32 Å². The Balaban J connectivity index is 2.04. The maximum absolute atomic E-state index is 14.2. The van der Waals surface area contributed by atoms with Gasteiger partial charge in [-0.3, -0.25) is 9.10 Å². The second-order valence-electron chi connectivity index (χ2n) is 6.50. The average Bonchev–Trinajstić information content (AvgIpc) is 3.09. The third kappa shape index (κ3) is 5.61. The molecular formula is C18H27FN2O3S2. The Morgan fingerprint density at radius 3 is 2.58 bits per heavy atom. The summed E-state index contributed by atoms with van der Waals surface area (Å²) < 4.78 is 39.6. The number of sulfonamides is 1. The first kappa shape index (κ1) is 21.0. The Morgan fingerprint density at radius 2 is 2.00 bits per heavy atom. The highest BCUT2D eigenvalue weighted by molar-refractivity contribution is 7.99. The van der Waals surface area contributed by atoms with Crippen molar-refractivity contribution in [1.29, 1.82) is 0 Å². The van der Waals surface area contributed by atoms with E-state index >= 15 is 0 Å². The van der Waals surface area contributed by atoms with Gasteiger partial charge in [-0.05, 0) is 31.4 Å². The number of nitrogens with zero attached hydrogens (tertiary/aromatic N) is 1. The minimum absolute atomic E-state index is 0.0997. The lowest BCUT2D eigenvalue weighted by molar-refractivity contribution is -0.122. The van der Waals surface area contributed by atoms with E-state index in [1.807, 2.05) is 11.8 Å². The van der Waals surface area contributed by atoms with Crippen molar-refractivity contribution in [3.8, 4) is 0 Å². The fourth-order valence-corrected chi connectivity index (χ4v) is 5.67. The number of nitrogens with one attached hydrogen (secondary N) is 1. The van der Waals surface area contributed by atoms with Crippen molar-refractivity contribution in [2.24, 2.45) is 0 Å². The third-order valence-electron chi connectivity index (χ3n) is 4.48. The molecule has 5 nitrogen and oxygen atoms in total. The number of amides is 1. The summed E-state index contributed by atoms with van der Waals surface area (Å²) in [4.78, 5) is 12.6. The molecule has 0 bridgehead atoms. The molecule has 146 valence electrons. The van der Waals surface area contributed by atoms with Crippen molar-refractivity contribution < 1.29 is 17.6 Å². The molecule has 26 heavy (non-hydrogen) atoms. The normalized spacial score (nSPS) is 16.4. The molecule has 1 atom stereocenters. The maximum atomic E-state index is 14.2. The highest BCUT2D eigenvalue weighted by Gasteiger charge is 2.32. The van der Waals surface area contributed by atoms with Gasteiger partial charge in [-0.25, -0.2) is 12.8 Å². The molecule has 0 heterocycles.